The third kappa shape index (κ3) is 4.36. The summed E-state index contributed by atoms with van der Waals surface area (Å²) in [7, 11) is 1.58. The van der Waals surface area contributed by atoms with Crippen molar-refractivity contribution in [2.75, 3.05) is 12.4 Å². The van der Waals surface area contributed by atoms with Gasteiger partial charge in [-0.2, -0.15) is 0 Å². The van der Waals surface area contributed by atoms with E-state index in [-0.39, 0.29) is 6.04 Å². The molecule has 1 aromatic heterocycles. The van der Waals surface area contributed by atoms with Gasteiger partial charge < -0.3 is 14.5 Å². The highest BCUT2D eigenvalue weighted by atomic mass is 35.5. The summed E-state index contributed by atoms with van der Waals surface area (Å²) in [4.78, 5) is 0. The smallest absolute Gasteiger partial charge is 0.247 e. The van der Waals surface area contributed by atoms with Gasteiger partial charge in [0.25, 0.3) is 0 Å². The SMILES string of the molecule is COc1ccc(NC(c2ccc(Cl)cc2)c2nnc(-c3ccccc3)o2)cc1Cl. The predicted octanol–water partition coefficient (Wildman–Crippen LogP) is 6.25. The van der Waals surface area contributed by atoms with Gasteiger partial charge in [-0.05, 0) is 48.0 Å². The second-order valence-corrected chi connectivity index (χ2v) is 7.13. The second kappa shape index (κ2) is 8.55. The van der Waals surface area contributed by atoms with Crippen molar-refractivity contribution in [2.24, 2.45) is 0 Å². The molecule has 4 rings (SSSR count). The van der Waals surface area contributed by atoms with Crippen LogP contribution < -0.4 is 10.1 Å². The minimum atomic E-state index is -0.387. The fraction of sp³-hybridized carbons (Fsp3) is 0.0909. The average molecular weight is 426 g/mol. The zero-order chi connectivity index (χ0) is 20.2. The molecular weight excluding hydrogens is 409 g/mol. The number of nitrogens with zero attached hydrogens (tertiary/aromatic N) is 2. The van der Waals surface area contributed by atoms with E-state index in [2.05, 4.69) is 15.5 Å². The van der Waals surface area contributed by atoms with Crippen LogP contribution in [0.25, 0.3) is 11.5 Å². The molecule has 29 heavy (non-hydrogen) atoms. The molecule has 0 radical (unpaired) electrons. The predicted molar refractivity (Wildman–Crippen MR) is 115 cm³/mol. The van der Waals surface area contributed by atoms with Crippen molar-refractivity contribution < 1.29 is 9.15 Å². The van der Waals surface area contributed by atoms with Gasteiger partial charge in [-0.3, -0.25) is 0 Å². The molecule has 0 fully saturated rings. The molecule has 5 nitrogen and oxygen atoms in total. The Bertz CT molecular complexity index is 1100. The van der Waals surface area contributed by atoms with E-state index >= 15 is 0 Å². The fourth-order valence-corrected chi connectivity index (χ4v) is 3.30. The van der Waals surface area contributed by atoms with Crippen molar-refractivity contribution in [2.45, 2.75) is 6.04 Å². The number of nitrogens with one attached hydrogen (secondary N) is 1. The van der Waals surface area contributed by atoms with Gasteiger partial charge in [-0.1, -0.05) is 53.5 Å². The van der Waals surface area contributed by atoms with Gasteiger partial charge in [0.1, 0.15) is 11.8 Å². The maximum atomic E-state index is 6.28. The van der Waals surface area contributed by atoms with E-state index in [1.165, 1.54) is 0 Å². The number of methoxy groups -OCH3 is 1. The van der Waals surface area contributed by atoms with Crippen LogP contribution in [0, 0.1) is 0 Å². The largest absolute Gasteiger partial charge is 0.495 e. The number of anilines is 1. The first-order valence-electron chi connectivity index (χ1n) is 8.88. The van der Waals surface area contributed by atoms with Crippen LogP contribution in [0.1, 0.15) is 17.5 Å². The van der Waals surface area contributed by atoms with E-state index in [0.717, 1.165) is 16.8 Å². The monoisotopic (exact) mass is 425 g/mol. The lowest BCUT2D eigenvalue weighted by molar-refractivity contribution is 0.415. The molecule has 4 aromatic rings. The molecule has 0 aliphatic rings. The van der Waals surface area contributed by atoms with Gasteiger partial charge in [0.2, 0.25) is 11.8 Å². The van der Waals surface area contributed by atoms with Crippen molar-refractivity contribution in [1.82, 2.24) is 10.2 Å². The summed E-state index contributed by atoms with van der Waals surface area (Å²) >= 11 is 12.3. The van der Waals surface area contributed by atoms with Gasteiger partial charge in [0, 0.05) is 16.3 Å². The summed E-state index contributed by atoms with van der Waals surface area (Å²) in [5, 5.41) is 13.0. The van der Waals surface area contributed by atoms with Crippen molar-refractivity contribution in [1.29, 1.82) is 0 Å². The summed E-state index contributed by atoms with van der Waals surface area (Å²) in [6, 6.07) is 22.2. The van der Waals surface area contributed by atoms with Crippen molar-refractivity contribution >= 4 is 28.9 Å². The molecule has 0 bridgehead atoms. The van der Waals surface area contributed by atoms with Crippen LogP contribution in [0.2, 0.25) is 10.0 Å². The van der Waals surface area contributed by atoms with Crippen LogP contribution in [0.3, 0.4) is 0 Å². The number of rotatable bonds is 6. The van der Waals surface area contributed by atoms with Crippen LogP contribution in [0.4, 0.5) is 5.69 Å². The van der Waals surface area contributed by atoms with Gasteiger partial charge in [0.05, 0.1) is 12.1 Å². The third-order valence-corrected chi connectivity index (χ3v) is 4.92. The van der Waals surface area contributed by atoms with E-state index in [4.69, 9.17) is 32.4 Å². The second-order valence-electron chi connectivity index (χ2n) is 6.29. The fourth-order valence-electron chi connectivity index (χ4n) is 2.91. The number of aromatic nitrogens is 2. The maximum absolute atomic E-state index is 6.28. The van der Waals surface area contributed by atoms with Crippen LogP contribution >= 0.6 is 23.2 Å². The first-order chi connectivity index (χ1) is 14.1. The summed E-state index contributed by atoms with van der Waals surface area (Å²) in [6.07, 6.45) is 0. The first-order valence-corrected chi connectivity index (χ1v) is 9.64. The van der Waals surface area contributed by atoms with Crippen LogP contribution in [0.5, 0.6) is 5.75 Å². The number of benzene rings is 3. The molecular formula is C22H17Cl2N3O2. The Hall–Kier alpha value is -3.02. The molecule has 1 N–H and O–H groups in total. The lowest BCUT2D eigenvalue weighted by atomic mass is 10.1. The van der Waals surface area contributed by atoms with Crippen LogP contribution in [0.15, 0.2) is 77.2 Å². The topological polar surface area (TPSA) is 60.2 Å². The van der Waals surface area contributed by atoms with E-state index in [1.807, 2.05) is 60.7 Å². The highest BCUT2D eigenvalue weighted by molar-refractivity contribution is 6.32. The zero-order valence-corrected chi connectivity index (χ0v) is 17.0. The molecule has 0 spiro atoms. The Kier molecular flexibility index (Phi) is 5.69. The normalized spacial score (nSPS) is 11.8. The molecule has 7 heteroatoms. The van der Waals surface area contributed by atoms with Crippen molar-refractivity contribution in [3.8, 4) is 17.2 Å². The molecule has 1 heterocycles. The molecule has 0 saturated heterocycles. The molecule has 1 atom stereocenters. The van der Waals surface area contributed by atoms with E-state index in [1.54, 1.807) is 19.2 Å². The third-order valence-electron chi connectivity index (χ3n) is 4.37. The summed E-state index contributed by atoms with van der Waals surface area (Å²) in [5.74, 6) is 1.48. The van der Waals surface area contributed by atoms with Crippen molar-refractivity contribution in [3.63, 3.8) is 0 Å². The van der Waals surface area contributed by atoms with Crippen molar-refractivity contribution in [3.05, 3.63) is 94.3 Å². The average Bonchev–Trinajstić information content (AvgIpc) is 3.23. The minimum Gasteiger partial charge on any atom is -0.495 e. The number of hydrogen-bond donors (Lipinski definition) is 1. The van der Waals surface area contributed by atoms with Gasteiger partial charge in [-0.15, -0.1) is 10.2 Å². The molecule has 0 aliphatic heterocycles. The Labute approximate surface area is 178 Å². The number of ether oxygens (including phenoxy) is 1. The Balaban J connectivity index is 1.70. The van der Waals surface area contributed by atoms with Crippen LogP contribution in [-0.2, 0) is 0 Å². The van der Waals surface area contributed by atoms with Gasteiger partial charge >= 0.3 is 0 Å². The Morgan fingerprint density at radius 1 is 0.931 bits per heavy atom. The van der Waals surface area contributed by atoms with Crippen LogP contribution in [-0.4, -0.2) is 17.3 Å². The molecule has 0 aliphatic carbocycles. The summed E-state index contributed by atoms with van der Waals surface area (Å²) in [5.41, 5.74) is 2.56. The Morgan fingerprint density at radius 2 is 1.69 bits per heavy atom. The molecule has 0 amide bonds. The minimum absolute atomic E-state index is 0.387. The van der Waals surface area contributed by atoms with E-state index in [9.17, 15) is 0 Å². The lowest BCUT2D eigenvalue weighted by Crippen LogP contribution is -2.13. The van der Waals surface area contributed by atoms with E-state index in [0.29, 0.717) is 27.6 Å². The molecule has 1 unspecified atom stereocenters. The first kappa shape index (κ1) is 19.3. The quantitative estimate of drug-likeness (QED) is 0.395. The maximum Gasteiger partial charge on any atom is 0.247 e. The standard InChI is InChI=1S/C22H17Cl2N3O2/c1-28-19-12-11-17(13-18(19)24)25-20(14-7-9-16(23)10-8-14)22-27-26-21(29-22)15-5-3-2-4-6-15/h2-13,20,25H,1H3. The number of halogens is 2. The summed E-state index contributed by atoms with van der Waals surface area (Å²) in [6.45, 7) is 0. The van der Waals surface area contributed by atoms with E-state index < -0.39 is 0 Å². The van der Waals surface area contributed by atoms with Gasteiger partial charge in [-0.25, -0.2) is 0 Å². The molecule has 0 saturated carbocycles. The molecule has 146 valence electrons. The summed E-state index contributed by atoms with van der Waals surface area (Å²) < 4.78 is 11.2. The lowest BCUT2D eigenvalue weighted by Gasteiger charge is -2.18. The number of hydrogen-bond acceptors (Lipinski definition) is 5. The highest BCUT2D eigenvalue weighted by Crippen LogP contribution is 2.32. The van der Waals surface area contributed by atoms with Gasteiger partial charge in [0.15, 0.2) is 0 Å². The molecule has 3 aromatic carbocycles. The Morgan fingerprint density at radius 3 is 2.38 bits per heavy atom. The zero-order valence-electron chi connectivity index (χ0n) is 15.5. The highest BCUT2D eigenvalue weighted by Gasteiger charge is 2.22.